The molecule has 1 heteroatoms. The Hall–Kier alpha value is -0.460. The number of allylic oxidation sites excluding steroid dienone is 1. The largest absolute Gasteiger partial charge is 0.495 e. The molecule has 0 fully saturated rings. The third-order valence-corrected chi connectivity index (χ3v) is 3.67. The van der Waals surface area contributed by atoms with Gasteiger partial charge in [-0.25, -0.2) is 0 Å². The Morgan fingerprint density at radius 1 is 0.944 bits per heavy atom. The lowest BCUT2D eigenvalue weighted by Gasteiger charge is -2.22. The highest BCUT2D eigenvalue weighted by atomic mass is 16.5. The SMILES string of the molecule is C=C(OC(C)CCCC)C(CC)CCCCCC. The van der Waals surface area contributed by atoms with Gasteiger partial charge in [-0.2, -0.15) is 0 Å². The molecule has 0 saturated carbocycles. The molecule has 0 spiro atoms. The Bertz CT molecular complexity index is 198. The summed E-state index contributed by atoms with van der Waals surface area (Å²) < 4.78 is 5.97. The zero-order valence-electron chi connectivity index (χ0n) is 13.1. The van der Waals surface area contributed by atoms with E-state index in [9.17, 15) is 0 Å². The minimum atomic E-state index is 0.335. The van der Waals surface area contributed by atoms with Gasteiger partial charge in [0.25, 0.3) is 0 Å². The number of hydrogen-bond donors (Lipinski definition) is 0. The number of ether oxygens (including phenoxy) is 1. The van der Waals surface area contributed by atoms with E-state index in [4.69, 9.17) is 4.74 Å². The van der Waals surface area contributed by atoms with E-state index in [2.05, 4.69) is 34.3 Å². The lowest BCUT2D eigenvalue weighted by molar-refractivity contribution is 0.0954. The van der Waals surface area contributed by atoms with Gasteiger partial charge in [0.05, 0.1) is 11.9 Å². The topological polar surface area (TPSA) is 9.23 Å². The van der Waals surface area contributed by atoms with Gasteiger partial charge in [-0.15, -0.1) is 0 Å². The molecule has 0 aliphatic heterocycles. The molecular formula is C17H34O. The molecule has 0 aromatic rings. The third-order valence-electron chi connectivity index (χ3n) is 3.67. The average Bonchev–Trinajstić information content (AvgIpc) is 2.36. The van der Waals surface area contributed by atoms with Crippen LogP contribution in [0.25, 0.3) is 0 Å². The first-order chi connectivity index (χ1) is 8.65. The first-order valence-electron chi connectivity index (χ1n) is 8.01. The zero-order chi connectivity index (χ0) is 13.8. The van der Waals surface area contributed by atoms with Crippen molar-refractivity contribution in [2.75, 3.05) is 0 Å². The maximum atomic E-state index is 5.97. The van der Waals surface area contributed by atoms with Crippen LogP contribution in [0.3, 0.4) is 0 Å². The van der Waals surface area contributed by atoms with Crippen molar-refractivity contribution in [3.05, 3.63) is 12.3 Å². The summed E-state index contributed by atoms with van der Waals surface area (Å²) in [4.78, 5) is 0. The van der Waals surface area contributed by atoms with Gasteiger partial charge in [-0.1, -0.05) is 65.9 Å². The number of rotatable bonds is 12. The van der Waals surface area contributed by atoms with Gasteiger partial charge in [-0.3, -0.25) is 0 Å². The Kier molecular flexibility index (Phi) is 11.3. The molecule has 0 aliphatic carbocycles. The maximum absolute atomic E-state index is 5.97. The van der Waals surface area contributed by atoms with Crippen molar-refractivity contribution in [3.63, 3.8) is 0 Å². The maximum Gasteiger partial charge on any atom is 0.0954 e. The Labute approximate surface area is 115 Å². The summed E-state index contributed by atoms with van der Waals surface area (Å²) in [5, 5.41) is 0. The molecule has 0 aliphatic rings. The van der Waals surface area contributed by atoms with E-state index in [0.29, 0.717) is 12.0 Å². The highest BCUT2D eigenvalue weighted by molar-refractivity contribution is 4.91. The van der Waals surface area contributed by atoms with Gasteiger partial charge in [0.15, 0.2) is 0 Å². The minimum Gasteiger partial charge on any atom is -0.495 e. The first-order valence-corrected chi connectivity index (χ1v) is 8.01. The molecule has 0 saturated heterocycles. The van der Waals surface area contributed by atoms with Gasteiger partial charge < -0.3 is 4.74 Å². The quantitative estimate of drug-likeness (QED) is 0.302. The lowest BCUT2D eigenvalue weighted by atomic mass is 9.96. The van der Waals surface area contributed by atoms with Crippen LogP contribution >= 0.6 is 0 Å². The van der Waals surface area contributed by atoms with Gasteiger partial charge in [0, 0.05) is 5.92 Å². The number of unbranched alkanes of at least 4 members (excludes halogenated alkanes) is 4. The van der Waals surface area contributed by atoms with Crippen LogP contribution in [0.1, 0.15) is 85.5 Å². The molecule has 0 aromatic heterocycles. The lowest BCUT2D eigenvalue weighted by Crippen LogP contribution is -2.13. The molecule has 0 radical (unpaired) electrons. The smallest absolute Gasteiger partial charge is 0.0954 e. The second kappa shape index (κ2) is 11.6. The summed E-state index contributed by atoms with van der Waals surface area (Å²) in [6.45, 7) is 13.1. The van der Waals surface area contributed by atoms with Crippen LogP contribution in [0.5, 0.6) is 0 Å². The summed E-state index contributed by atoms with van der Waals surface area (Å²) in [7, 11) is 0. The van der Waals surface area contributed by atoms with E-state index in [1.54, 1.807) is 0 Å². The van der Waals surface area contributed by atoms with Gasteiger partial charge >= 0.3 is 0 Å². The summed E-state index contributed by atoms with van der Waals surface area (Å²) >= 11 is 0. The fraction of sp³-hybridized carbons (Fsp3) is 0.882. The van der Waals surface area contributed by atoms with Crippen LogP contribution < -0.4 is 0 Å². The standard InChI is InChI=1S/C17H34O/c1-6-9-11-12-14-17(8-3)16(5)18-15(4)13-10-7-2/h15,17H,5-14H2,1-4H3. The zero-order valence-corrected chi connectivity index (χ0v) is 13.1. The summed E-state index contributed by atoms with van der Waals surface area (Å²) in [6.07, 6.45) is 11.7. The molecule has 2 unspecified atom stereocenters. The van der Waals surface area contributed by atoms with Crippen LogP contribution in [0, 0.1) is 5.92 Å². The summed E-state index contributed by atoms with van der Waals surface area (Å²) in [5.74, 6) is 1.59. The molecule has 0 bridgehead atoms. The second-order valence-electron chi connectivity index (χ2n) is 5.49. The van der Waals surface area contributed by atoms with Crippen molar-refractivity contribution >= 4 is 0 Å². The third kappa shape index (κ3) is 8.60. The van der Waals surface area contributed by atoms with Crippen LogP contribution in [0.4, 0.5) is 0 Å². The molecule has 0 aromatic carbocycles. The van der Waals surface area contributed by atoms with Crippen LogP contribution in [-0.2, 0) is 4.74 Å². The van der Waals surface area contributed by atoms with E-state index in [-0.39, 0.29) is 0 Å². The molecule has 2 atom stereocenters. The fourth-order valence-corrected chi connectivity index (χ4v) is 2.32. The number of hydrogen-bond acceptors (Lipinski definition) is 1. The Morgan fingerprint density at radius 3 is 2.17 bits per heavy atom. The summed E-state index contributed by atoms with van der Waals surface area (Å²) in [6, 6.07) is 0. The highest BCUT2D eigenvalue weighted by Gasteiger charge is 2.14. The predicted molar refractivity (Wildman–Crippen MR) is 81.8 cm³/mol. The van der Waals surface area contributed by atoms with Crippen molar-refractivity contribution in [3.8, 4) is 0 Å². The van der Waals surface area contributed by atoms with Crippen molar-refractivity contribution < 1.29 is 4.74 Å². The minimum absolute atomic E-state index is 0.335. The van der Waals surface area contributed by atoms with E-state index in [0.717, 1.165) is 18.6 Å². The van der Waals surface area contributed by atoms with Gasteiger partial charge in [0.1, 0.15) is 0 Å². The molecule has 108 valence electrons. The van der Waals surface area contributed by atoms with Crippen LogP contribution in [0.15, 0.2) is 12.3 Å². The van der Waals surface area contributed by atoms with Crippen molar-refractivity contribution in [2.45, 2.75) is 91.6 Å². The van der Waals surface area contributed by atoms with Gasteiger partial charge in [0.2, 0.25) is 0 Å². The highest BCUT2D eigenvalue weighted by Crippen LogP contribution is 2.24. The molecule has 0 rings (SSSR count). The van der Waals surface area contributed by atoms with Crippen molar-refractivity contribution in [1.82, 2.24) is 0 Å². The molecule has 0 heterocycles. The average molecular weight is 254 g/mol. The Balaban J connectivity index is 3.87. The monoisotopic (exact) mass is 254 g/mol. The molecule has 0 N–H and O–H groups in total. The molecule has 1 nitrogen and oxygen atoms in total. The van der Waals surface area contributed by atoms with Crippen molar-refractivity contribution in [2.24, 2.45) is 5.92 Å². The Morgan fingerprint density at radius 2 is 1.61 bits per heavy atom. The molecule has 0 amide bonds. The van der Waals surface area contributed by atoms with E-state index in [1.807, 2.05) is 0 Å². The fourth-order valence-electron chi connectivity index (χ4n) is 2.32. The van der Waals surface area contributed by atoms with Crippen LogP contribution in [0.2, 0.25) is 0 Å². The normalized spacial score (nSPS) is 14.2. The van der Waals surface area contributed by atoms with E-state index < -0.39 is 0 Å². The summed E-state index contributed by atoms with van der Waals surface area (Å²) in [5.41, 5.74) is 0. The second-order valence-corrected chi connectivity index (χ2v) is 5.49. The predicted octanol–water partition coefficient (Wildman–Crippen LogP) is 6.09. The molecular weight excluding hydrogens is 220 g/mol. The first kappa shape index (κ1) is 17.5. The van der Waals surface area contributed by atoms with Gasteiger partial charge in [-0.05, 0) is 26.2 Å². The van der Waals surface area contributed by atoms with Crippen LogP contribution in [-0.4, -0.2) is 6.10 Å². The molecule has 18 heavy (non-hydrogen) atoms. The van der Waals surface area contributed by atoms with E-state index >= 15 is 0 Å². The van der Waals surface area contributed by atoms with Crippen molar-refractivity contribution in [1.29, 1.82) is 0 Å². The van der Waals surface area contributed by atoms with E-state index in [1.165, 1.54) is 44.9 Å².